The molecule has 32 heavy (non-hydrogen) atoms. The molecule has 0 aromatic heterocycles. The average molecular weight is 459 g/mol. The van der Waals surface area contributed by atoms with Crippen molar-refractivity contribution in [1.29, 1.82) is 0 Å². The van der Waals surface area contributed by atoms with Gasteiger partial charge in [0, 0.05) is 12.3 Å². The molecule has 0 saturated heterocycles. The molecule has 0 aliphatic rings. The molecule has 3 N–H and O–H groups in total. The van der Waals surface area contributed by atoms with Gasteiger partial charge in [-0.15, -0.1) is 0 Å². The largest absolute Gasteiger partial charge is 0.460 e. The minimum Gasteiger partial charge on any atom is -0.460 e. The van der Waals surface area contributed by atoms with Gasteiger partial charge in [-0.25, -0.2) is 4.79 Å². The highest BCUT2D eigenvalue weighted by molar-refractivity contribution is 5.87. The van der Waals surface area contributed by atoms with Crippen LogP contribution in [0.1, 0.15) is 88.5 Å². The maximum absolute atomic E-state index is 12.7. The Morgan fingerprint density at radius 1 is 0.781 bits per heavy atom. The number of carbonyl (C=O) groups excluding carboxylic acids is 4. The Balaban J connectivity index is 5.15. The van der Waals surface area contributed by atoms with E-state index in [-0.39, 0.29) is 19.3 Å². The van der Waals surface area contributed by atoms with Crippen molar-refractivity contribution in [1.82, 2.24) is 5.32 Å². The minimum atomic E-state index is -1.05. The first-order valence-corrected chi connectivity index (χ1v) is 10.9. The van der Waals surface area contributed by atoms with Crippen LogP contribution in [-0.4, -0.2) is 52.7 Å². The van der Waals surface area contributed by atoms with E-state index in [0.717, 1.165) is 0 Å². The van der Waals surface area contributed by atoms with E-state index in [9.17, 15) is 19.2 Å². The second kappa shape index (κ2) is 11.6. The molecular weight excluding hydrogens is 416 g/mol. The highest BCUT2D eigenvalue weighted by atomic mass is 16.6. The Bertz CT molecular complexity index is 669. The molecule has 186 valence electrons. The maximum atomic E-state index is 12.7. The Morgan fingerprint density at radius 3 is 1.66 bits per heavy atom. The summed E-state index contributed by atoms with van der Waals surface area (Å²) in [5, 5.41) is 2.62. The van der Waals surface area contributed by atoms with Crippen LogP contribution < -0.4 is 11.1 Å². The van der Waals surface area contributed by atoms with E-state index in [1.54, 1.807) is 69.2 Å². The number of nitrogens with one attached hydrogen (secondary N) is 1. The van der Waals surface area contributed by atoms with Crippen LogP contribution in [0.2, 0.25) is 0 Å². The summed E-state index contributed by atoms with van der Waals surface area (Å²) >= 11 is 0. The summed E-state index contributed by atoms with van der Waals surface area (Å²) in [6.45, 7) is 17.1. The Labute approximate surface area is 192 Å². The minimum absolute atomic E-state index is 0.0143. The normalized spacial score (nSPS) is 15.2. The van der Waals surface area contributed by atoms with Crippen molar-refractivity contribution >= 4 is 23.8 Å². The zero-order chi connectivity index (χ0) is 25.5. The monoisotopic (exact) mass is 458 g/mol. The molecule has 1 amide bonds. The molecule has 0 fully saturated rings. The van der Waals surface area contributed by atoms with Gasteiger partial charge in [0.1, 0.15) is 28.9 Å². The van der Waals surface area contributed by atoms with Crippen LogP contribution >= 0.6 is 0 Å². The Hall–Kier alpha value is -2.16. The van der Waals surface area contributed by atoms with Crippen LogP contribution in [0.25, 0.3) is 0 Å². The summed E-state index contributed by atoms with van der Waals surface area (Å²) in [5.41, 5.74) is 3.77. The molecular formula is C23H42N2O7. The molecule has 0 radical (unpaired) electrons. The van der Waals surface area contributed by atoms with Crippen LogP contribution in [0.5, 0.6) is 0 Å². The van der Waals surface area contributed by atoms with Gasteiger partial charge >= 0.3 is 17.9 Å². The van der Waals surface area contributed by atoms with Gasteiger partial charge in [0.15, 0.2) is 0 Å². The Morgan fingerprint density at radius 2 is 1.22 bits per heavy atom. The number of ether oxygens (including phenoxy) is 3. The van der Waals surface area contributed by atoms with E-state index in [1.807, 2.05) is 0 Å². The molecule has 0 aromatic carbocycles. The quantitative estimate of drug-likeness (QED) is 0.398. The SMILES string of the molecule is CC(C[C@H](N)C(=O)OC(C)(C)C)C(=O)N[C@@H](CCC(=O)OC(C)(C)C)C(=O)OC(C)(C)C. The van der Waals surface area contributed by atoms with Crippen LogP contribution in [0.15, 0.2) is 0 Å². The number of amides is 1. The van der Waals surface area contributed by atoms with E-state index in [1.165, 1.54) is 0 Å². The van der Waals surface area contributed by atoms with Crippen molar-refractivity contribution in [2.75, 3.05) is 0 Å². The van der Waals surface area contributed by atoms with Gasteiger partial charge in [0.2, 0.25) is 5.91 Å². The lowest BCUT2D eigenvalue weighted by atomic mass is 10.00. The van der Waals surface area contributed by atoms with Gasteiger partial charge in [-0.1, -0.05) is 6.92 Å². The number of nitrogens with two attached hydrogens (primary N) is 1. The topological polar surface area (TPSA) is 134 Å². The molecule has 0 aliphatic carbocycles. The van der Waals surface area contributed by atoms with Gasteiger partial charge in [-0.05, 0) is 75.2 Å². The predicted octanol–water partition coefficient (Wildman–Crippen LogP) is 2.63. The maximum Gasteiger partial charge on any atom is 0.329 e. The number of hydrogen-bond donors (Lipinski definition) is 2. The summed E-state index contributed by atoms with van der Waals surface area (Å²) in [6, 6.07) is -2.04. The fourth-order valence-corrected chi connectivity index (χ4v) is 2.55. The molecule has 0 rings (SSSR count). The first kappa shape index (κ1) is 29.8. The zero-order valence-corrected chi connectivity index (χ0v) is 21.3. The van der Waals surface area contributed by atoms with Gasteiger partial charge in [0.25, 0.3) is 0 Å². The van der Waals surface area contributed by atoms with E-state index >= 15 is 0 Å². The van der Waals surface area contributed by atoms with Gasteiger partial charge in [-0.3, -0.25) is 14.4 Å². The highest BCUT2D eigenvalue weighted by Crippen LogP contribution is 2.16. The van der Waals surface area contributed by atoms with Crippen molar-refractivity contribution in [3.63, 3.8) is 0 Å². The average Bonchev–Trinajstić information content (AvgIpc) is 2.53. The Kier molecular flexibility index (Phi) is 10.8. The number of esters is 3. The lowest BCUT2D eigenvalue weighted by Crippen LogP contribution is -2.47. The molecule has 0 aromatic rings. The van der Waals surface area contributed by atoms with Gasteiger partial charge in [-0.2, -0.15) is 0 Å². The van der Waals surface area contributed by atoms with Crippen LogP contribution in [0.3, 0.4) is 0 Å². The lowest BCUT2D eigenvalue weighted by molar-refractivity contribution is -0.161. The van der Waals surface area contributed by atoms with E-state index in [0.29, 0.717) is 0 Å². The first-order chi connectivity index (χ1) is 14.2. The standard InChI is InChI=1S/C23H42N2O7/c1-14(13-15(24)19(28)31-22(5,6)7)18(27)25-16(20(29)32-23(8,9)10)11-12-17(26)30-21(2,3)4/h14-16H,11-13,24H2,1-10H3,(H,25,27)/t14?,15-,16-/m0/s1. The van der Waals surface area contributed by atoms with Crippen molar-refractivity contribution in [2.24, 2.45) is 11.7 Å². The molecule has 0 spiro atoms. The van der Waals surface area contributed by atoms with Crippen molar-refractivity contribution in [3.8, 4) is 0 Å². The van der Waals surface area contributed by atoms with E-state index in [4.69, 9.17) is 19.9 Å². The first-order valence-electron chi connectivity index (χ1n) is 10.9. The third kappa shape index (κ3) is 14.0. The smallest absolute Gasteiger partial charge is 0.329 e. The second-order valence-corrected chi connectivity index (χ2v) is 11.0. The highest BCUT2D eigenvalue weighted by Gasteiger charge is 2.31. The molecule has 1 unspecified atom stereocenters. The summed E-state index contributed by atoms with van der Waals surface area (Å²) in [5.74, 6) is -2.91. The van der Waals surface area contributed by atoms with Gasteiger partial charge in [0.05, 0.1) is 0 Å². The molecule has 0 heterocycles. The molecule has 3 atom stereocenters. The number of rotatable bonds is 9. The fraction of sp³-hybridized carbons (Fsp3) is 0.826. The van der Waals surface area contributed by atoms with E-state index < -0.39 is 58.6 Å². The predicted molar refractivity (Wildman–Crippen MR) is 120 cm³/mol. The molecule has 9 heteroatoms. The van der Waals surface area contributed by atoms with Crippen molar-refractivity contribution in [2.45, 2.75) is 117 Å². The summed E-state index contributed by atoms with van der Waals surface area (Å²) in [6.07, 6.45) is -0.0263. The van der Waals surface area contributed by atoms with Crippen LogP contribution in [-0.2, 0) is 33.4 Å². The zero-order valence-electron chi connectivity index (χ0n) is 21.3. The molecule has 9 nitrogen and oxygen atoms in total. The molecule has 0 saturated carbocycles. The fourth-order valence-electron chi connectivity index (χ4n) is 2.55. The molecule has 0 bridgehead atoms. The molecule has 0 aliphatic heterocycles. The van der Waals surface area contributed by atoms with Crippen LogP contribution in [0.4, 0.5) is 0 Å². The van der Waals surface area contributed by atoms with Gasteiger partial charge < -0.3 is 25.3 Å². The third-order valence-electron chi connectivity index (χ3n) is 3.83. The van der Waals surface area contributed by atoms with Crippen molar-refractivity contribution in [3.05, 3.63) is 0 Å². The van der Waals surface area contributed by atoms with E-state index in [2.05, 4.69) is 5.32 Å². The lowest BCUT2D eigenvalue weighted by Gasteiger charge is -2.26. The third-order valence-corrected chi connectivity index (χ3v) is 3.83. The number of hydrogen-bond acceptors (Lipinski definition) is 8. The second-order valence-electron chi connectivity index (χ2n) is 11.0. The summed E-state index contributed by atoms with van der Waals surface area (Å²) in [4.78, 5) is 49.5. The number of carbonyl (C=O) groups is 4. The van der Waals surface area contributed by atoms with Crippen LogP contribution in [0, 0.1) is 5.92 Å². The van der Waals surface area contributed by atoms with Crippen molar-refractivity contribution < 1.29 is 33.4 Å². The summed E-state index contributed by atoms with van der Waals surface area (Å²) < 4.78 is 15.9. The summed E-state index contributed by atoms with van der Waals surface area (Å²) in [7, 11) is 0.